The fourth-order valence-electron chi connectivity index (χ4n) is 6.29. The number of hydrogen-bond acceptors (Lipinski definition) is 3. The van der Waals surface area contributed by atoms with Crippen LogP contribution in [0.2, 0.25) is 6.32 Å². The van der Waals surface area contributed by atoms with Crippen molar-refractivity contribution in [2.75, 3.05) is 13.7 Å². The molecule has 1 unspecified atom stereocenters. The summed E-state index contributed by atoms with van der Waals surface area (Å²) in [5.41, 5.74) is 3.46. The Morgan fingerprint density at radius 1 is 0.914 bits per heavy atom. The maximum Gasteiger partial charge on any atom is 0.384 e. The highest BCUT2D eigenvalue weighted by Gasteiger charge is 2.58. The van der Waals surface area contributed by atoms with Gasteiger partial charge in [-0.15, -0.1) is 0 Å². The lowest BCUT2D eigenvalue weighted by Crippen LogP contribution is -2.41. The van der Waals surface area contributed by atoms with Crippen molar-refractivity contribution in [2.24, 2.45) is 0 Å². The van der Waals surface area contributed by atoms with Crippen LogP contribution in [-0.4, -0.2) is 31.6 Å². The van der Waals surface area contributed by atoms with Gasteiger partial charge in [-0.1, -0.05) is 91.9 Å². The molecule has 6 rings (SSSR count). The Bertz CT molecular complexity index is 1270. The molecule has 0 saturated carbocycles. The molecule has 35 heavy (non-hydrogen) atoms. The topological polar surface area (TPSA) is 21.7 Å². The van der Waals surface area contributed by atoms with Gasteiger partial charge in [-0.05, 0) is 71.2 Å². The molecule has 4 aromatic carbocycles. The van der Waals surface area contributed by atoms with E-state index in [1.807, 2.05) is 6.07 Å². The first kappa shape index (κ1) is 22.4. The Morgan fingerprint density at radius 3 is 2.26 bits per heavy atom. The predicted molar refractivity (Wildman–Crippen MR) is 144 cm³/mol. The van der Waals surface area contributed by atoms with Crippen LogP contribution < -0.4 is 4.74 Å². The van der Waals surface area contributed by atoms with Crippen LogP contribution in [0.25, 0.3) is 10.8 Å². The van der Waals surface area contributed by atoms with Gasteiger partial charge in [0, 0.05) is 6.04 Å². The van der Waals surface area contributed by atoms with E-state index >= 15 is 0 Å². The molecule has 0 bridgehead atoms. The summed E-state index contributed by atoms with van der Waals surface area (Å²) in [5.74, 6) is 1.28. The summed E-state index contributed by atoms with van der Waals surface area (Å²) >= 11 is 0. The monoisotopic (exact) mass is 461 g/mol. The second-order valence-corrected chi connectivity index (χ2v) is 10.0. The van der Waals surface area contributed by atoms with Crippen LogP contribution in [0.3, 0.4) is 0 Å². The van der Waals surface area contributed by atoms with Gasteiger partial charge in [-0.3, -0.25) is 0 Å². The Labute approximate surface area is 208 Å². The third-order valence-corrected chi connectivity index (χ3v) is 8.06. The van der Waals surface area contributed by atoms with E-state index in [0.29, 0.717) is 12.0 Å². The number of nitrogens with zero attached hydrogens (tertiary/aromatic N) is 1. The van der Waals surface area contributed by atoms with Crippen molar-refractivity contribution in [3.05, 3.63) is 114 Å². The zero-order valence-corrected chi connectivity index (χ0v) is 20.6. The normalized spacial score (nSPS) is 20.2. The maximum atomic E-state index is 7.21. The summed E-state index contributed by atoms with van der Waals surface area (Å²) in [6.45, 7) is 3.44. The minimum atomic E-state index is -0.427. The number of benzene rings is 4. The third kappa shape index (κ3) is 3.85. The quantitative estimate of drug-likeness (QED) is 0.292. The van der Waals surface area contributed by atoms with Gasteiger partial charge in [0.1, 0.15) is 11.4 Å². The highest BCUT2D eigenvalue weighted by Crippen LogP contribution is 2.50. The smallest absolute Gasteiger partial charge is 0.384 e. The molecule has 3 nitrogen and oxygen atoms in total. The molecule has 0 amide bonds. The van der Waals surface area contributed by atoms with Gasteiger partial charge < -0.3 is 14.2 Å². The van der Waals surface area contributed by atoms with Gasteiger partial charge >= 0.3 is 7.05 Å². The van der Waals surface area contributed by atoms with Crippen LogP contribution in [0.15, 0.2) is 97.1 Å². The van der Waals surface area contributed by atoms with E-state index < -0.39 is 5.60 Å². The van der Waals surface area contributed by atoms with Crippen molar-refractivity contribution in [1.29, 1.82) is 0 Å². The second kappa shape index (κ2) is 9.18. The van der Waals surface area contributed by atoms with Crippen molar-refractivity contribution in [2.45, 2.75) is 43.6 Å². The van der Waals surface area contributed by atoms with Crippen LogP contribution >= 0.6 is 0 Å². The molecule has 176 valence electrons. The maximum absolute atomic E-state index is 7.21. The molecule has 4 aromatic rings. The van der Waals surface area contributed by atoms with Gasteiger partial charge in [-0.2, -0.15) is 0 Å². The van der Waals surface area contributed by atoms with Gasteiger partial charge in [0.2, 0.25) is 0 Å². The van der Waals surface area contributed by atoms with Crippen molar-refractivity contribution in [3.8, 4) is 5.75 Å². The van der Waals surface area contributed by atoms with Crippen LogP contribution in [0, 0.1) is 0 Å². The van der Waals surface area contributed by atoms with E-state index in [0.717, 1.165) is 25.0 Å². The molecular formula is C31H32BNO2. The van der Waals surface area contributed by atoms with E-state index in [1.54, 1.807) is 7.11 Å². The Hall–Kier alpha value is -3.08. The van der Waals surface area contributed by atoms with E-state index in [1.165, 1.54) is 33.9 Å². The minimum absolute atomic E-state index is 0.0875. The largest absolute Gasteiger partial charge is 0.497 e. The summed E-state index contributed by atoms with van der Waals surface area (Å²) in [6.07, 6.45) is 3.35. The van der Waals surface area contributed by atoms with E-state index in [4.69, 9.17) is 9.39 Å². The second-order valence-electron chi connectivity index (χ2n) is 10.0. The van der Waals surface area contributed by atoms with Crippen molar-refractivity contribution >= 4 is 17.8 Å². The van der Waals surface area contributed by atoms with Crippen molar-refractivity contribution in [1.82, 2.24) is 4.81 Å². The molecule has 2 saturated heterocycles. The number of ether oxygens (including phenoxy) is 1. The van der Waals surface area contributed by atoms with Crippen LogP contribution in [0.5, 0.6) is 5.75 Å². The van der Waals surface area contributed by atoms with Gasteiger partial charge in [0.05, 0.1) is 7.11 Å². The van der Waals surface area contributed by atoms with Crippen LogP contribution in [0.1, 0.15) is 42.4 Å². The van der Waals surface area contributed by atoms with E-state index in [9.17, 15) is 0 Å². The highest BCUT2D eigenvalue weighted by molar-refractivity contribution is 6.50. The number of rotatable bonds is 6. The van der Waals surface area contributed by atoms with E-state index in [-0.39, 0.29) is 7.05 Å². The molecule has 2 atom stereocenters. The lowest BCUT2D eigenvalue weighted by molar-refractivity contribution is 0.105. The van der Waals surface area contributed by atoms with Crippen molar-refractivity contribution in [3.63, 3.8) is 0 Å². The molecule has 2 aliphatic rings. The molecule has 0 spiro atoms. The molecular weight excluding hydrogens is 429 g/mol. The fraction of sp³-hybridized carbons (Fsp3) is 0.290. The van der Waals surface area contributed by atoms with Crippen LogP contribution in [0.4, 0.5) is 0 Å². The molecule has 2 aliphatic heterocycles. The summed E-state index contributed by atoms with van der Waals surface area (Å²) in [4.78, 5) is 2.64. The average molecular weight is 461 g/mol. The first-order valence-corrected chi connectivity index (χ1v) is 12.8. The van der Waals surface area contributed by atoms with Gasteiger partial charge in [0.25, 0.3) is 0 Å². The SMILES string of the molecule is COc1ccc2cc([C@H](C)CB3OC(c4ccccc4)(c4ccccc4)C4CCCN34)ccc2c1. The Balaban J connectivity index is 1.33. The molecule has 0 radical (unpaired) electrons. The Kier molecular flexibility index (Phi) is 5.87. The average Bonchev–Trinajstić information content (AvgIpc) is 3.52. The summed E-state index contributed by atoms with van der Waals surface area (Å²) in [7, 11) is 1.81. The summed E-state index contributed by atoms with van der Waals surface area (Å²) < 4.78 is 12.6. The third-order valence-electron chi connectivity index (χ3n) is 8.06. The van der Waals surface area contributed by atoms with E-state index in [2.05, 4.69) is 103 Å². The minimum Gasteiger partial charge on any atom is -0.497 e. The zero-order valence-electron chi connectivity index (χ0n) is 20.6. The molecule has 0 N–H and O–H groups in total. The summed E-state index contributed by atoms with van der Waals surface area (Å²) in [6, 6.07) is 35.2. The number of fused-ring (bicyclic) bond motifs is 2. The molecule has 2 heterocycles. The Morgan fingerprint density at radius 2 is 1.57 bits per heavy atom. The molecule has 0 aromatic heterocycles. The lowest BCUT2D eigenvalue weighted by atomic mass is 9.70. The number of methoxy groups -OCH3 is 1. The van der Waals surface area contributed by atoms with Crippen LogP contribution in [-0.2, 0) is 10.3 Å². The highest BCUT2D eigenvalue weighted by atomic mass is 16.5. The van der Waals surface area contributed by atoms with Gasteiger partial charge in [0.15, 0.2) is 0 Å². The molecule has 2 fully saturated rings. The van der Waals surface area contributed by atoms with Gasteiger partial charge in [-0.25, -0.2) is 0 Å². The predicted octanol–water partition coefficient (Wildman–Crippen LogP) is 6.88. The van der Waals surface area contributed by atoms with Crippen molar-refractivity contribution < 1.29 is 9.39 Å². The standard InChI is InChI=1S/C31H32BNO2/c1-23(24-15-16-26-21-29(34-2)18-17-25(26)20-24)22-32-33-19-9-14-30(33)31(35-32,27-10-5-3-6-11-27)28-12-7-4-8-13-28/h3-8,10-13,15-18,20-21,23,30H,9,14,19,22H2,1-2H3/t23-,30?/m1/s1. The molecule has 0 aliphatic carbocycles. The fourth-order valence-corrected chi connectivity index (χ4v) is 6.29. The summed E-state index contributed by atoms with van der Waals surface area (Å²) in [5, 5.41) is 2.47. The molecule has 4 heteroatoms. The first-order chi connectivity index (χ1) is 17.2. The first-order valence-electron chi connectivity index (χ1n) is 12.8. The lowest BCUT2D eigenvalue weighted by Gasteiger charge is -2.36. The number of hydrogen-bond donors (Lipinski definition) is 0. The zero-order chi connectivity index (χ0) is 23.8.